The smallest absolute Gasteiger partial charge is 0.318 e. The summed E-state index contributed by atoms with van der Waals surface area (Å²) in [5.41, 5.74) is 2.00. The number of nitrogens with zero attached hydrogens (tertiary/aromatic N) is 1. The van der Waals surface area contributed by atoms with Crippen LogP contribution in [0.25, 0.3) is 6.08 Å². The van der Waals surface area contributed by atoms with Crippen LogP contribution in [0.1, 0.15) is 29.8 Å². The maximum absolute atomic E-state index is 13.3. The van der Waals surface area contributed by atoms with Crippen LogP contribution in [0, 0.1) is 5.92 Å². The van der Waals surface area contributed by atoms with Crippen LogP contribution in [0.2, 0.25) is 0 Å². The molecular weight excluding hydrogens is 342 g/mol. The molecule has 27 heavy (non-hydrogen) atoms. The summed E-state index contributed by atoms with van der Waals surface area (Å²) in [6, 6.07) is 15.5. The van der Waals surface area contributed by atoms with Crippen molar-refractivity contribution in [3.63, 3.8) is 0 Å². The fraction of sp³-hybridized carbons (Fsp3) is 0.227. The lowest BCUT2D eigenvalue weighted by Crippen LogP contribution is -2.50. The molecule has 0 saturated heterocycles. The van der Waals surface area contributed by atoms with Gasteiger partial charge in [0.15, 0.2) is 0 Å². The number of para-hydroxylation sites is 1. The van der Waals surface area contributed by atoms with E-state index in [1.807, 2.05) is 36.4 Å². The molecule has 0 unspecified atom stereocenters. The second-order valence-corrected chi connectivity index (χ2v) is 6.29. The van der Waals surface area contributed by atoms with E-state index in [9.17, 15) is 14.4 Å². The van der Waals surface area contributed by atoms with Crippen molar-refractivity contribution in [2.45, 2.75) is 19.9 Å². The van der Waals surface area contributed by atoms with Gasteiger partial charge in [0.05, 0.1) is 18.3 Å². The van der Waals surface area contributed by atoms with Gasteiger partial charge in [0.2, 0.25) is 0 Å². The first-order valence-electron chi connectivity index (χ1n) is 8.87. The zero-order valence-electron chi connectivity index (χ0n) is 15.3. The van der Waals surface area contributed by atoms with Gasteiger partial charge in [0, 0.05) is 5.56 Å². The maximum Gasteiger partial charge on any atom is 0.318 e. The molecule has 1 heterocycles. The van der Waals surface area contributed by atoms with Gasteiger partial charge in [-0.15, -0.1) is 0 Å². The van der Waals surface area contributed by atoms with Crippen molar-refractivity contribution >= 4 is 29.4 Å². The molecule has 5 nitrogen and oxygen atoms in total. The largest absolute Gasteiger partial charge is 0.465 e. The number of hydrogen-bond acceptors (Lipinski definition) is 4. The molecule has 1 amide bonds. The normalized spacial score (nSPS) is 16.4. The SMILES string of the molecule is CCOC(=O)[C@@H](C(C)=O)[C@@H]1C=Cc2ccccc2N1C(=O)c1ccccc1. The molecular formula is C22H21NO4. The average molecular weight is 363 g/mol. The van der Waals surface area contributed by atoms with Crippen LogP contribution >= 0.6 is 0 Å². The van der Waals surface area contributed by atoms with Crippen LogP contribution in [0.4, 0.5) is 5.69 Å². The molecule has 0 saturated carbocycles. The van der Waals surface area contributed by atoms with Gasteiger partial charge in [-0.05, 0) is 37.6 Å². The van der Waals surface area contributed by atoms with E-state index in [0.29, 0.717) is 11.3 Å². The fourth-order valence-corrected chi connectivity index (χ4v) is 3.30. The predicted octanol–water partition coefficient (Wildman–Crippen LogP) is 3.50. The summed E-state index contributed by atoms with van der Waals surface area (Å²) in [5, 5.41) is 0. The van der Waals surface area contributed by atoms with Crippen molar-refractivity contribution in [2.24, 2.45) is 5.92 Å². The standard InChI is InChI=1S/C22H21NO4/c1-3-27-22(26)20(15(2)24)19-14-13-16-9-7-8-12-18(16)23(19)21(25)17-10-5-4-6-11-17/h4-14,19-20H,3H2,1-2H3/t19-,20-/m0/s1. The molecule has 3 rings (SSSR count). The summed E-state index contributed by atoms with van der Waals surface area (Å²) in [5.74, 6) is -2.31. The van der Waals surface area contributed by atoms with Crippen molar-refractivity contribution in [3.8, 4) is 0 Å². The molecule has 2 aromatic rings. The monoisotopic (exact) mass is 363 g/mol. The highest BCUT2D eigenvalue weighted by atomic mass is 16.5. The molecule has 0 fully saturated rings. The number of hydrogen-bond donors (Lipinski definition) is 0. The number of ketones is 1. The number of amides is 1. The van der Waals surface area contributed by atoms with Crippen LogP contribution in [0.3, 0.4) is 0 Å². The third-order valence-corrected chi connectivity index (χ3v) is 4.53. The van der Waals surface area contributed by atoms with Crippen molar-refractivity contribution in [1.29, 1.82) is 0 Å². The second-order valence-electron chi connectivity index (χ2n) is 6.29. The summed E-state index contributed by atoms with van der Waals surface area (Å²) in [7, 11) is 0. The molecule has 2 atom stereocenters. The molecule has 0 spiro atoms. The van der Waals surface area contributed by atoms with E-state index in [-0.39, 0.29) is 18.3 Å². The highest BCUT2D eigenvalue weighted by molar-refractivity contribution is 6.10. The van der Waals surface area contributed by atoms with E-state index in [4.69, 9.17) is 4.74 Å². The van der Waals surface area contributed by atoms with E-state index in [0.717, 1.165) is 5.56 Å². The van der Waals surface area contributed by atoms with Crippen LogP contribution in [0.5, 0.6) is 0 Å². The van der Waals surface area contributed by atoms with Crippen LogP contribution < -0.4 is 4.90 Å². The Labute approximate surface area is 158 Å². The Morgan fingerprint density at radius 3 is 2.37 bits per heavy atom. The lowest BCUT2D eigenvalue weighted by molar-refractivity contribution is -0.151. The zero-order valence-corrected chi connectivity index (χ0v) is 15.3. The molecule has 138 valence electrons. The molecule has 0 N–H and O–H groups in total. The number of Topliss-reactive ketones (excluding diaryl/α,β-unsaturated/α-hetero) is 1. The Bertz CT molecular complexity index is 888. The molecule has 5 heteroatoms. The minimum absolute atomic E-state index is 0.169. The first-order valence-corrected chi connectivity index (χ1v) is 8.87. The minimum atomic E-state index is -1.08. The molecule has 0 aliphatic carbocycles. The van der Waals surface area contributed by atoms with Crippen molar-refractivity contribution in [1.82, 2.24) is 0 Å². The number of rotatable bonds is 5. The third-order valence-electron chi connectivity index (χ3n) is 4.53. The number of anilines is 1. The summed E-state index contributed by atoms with van der Waals surface area (Å²) < 4.78 is 5.11. The lowest BCUT2D eigenvalue weighted by atomic mass is 9.89. The fourth-order valence-electron chi connectivity index (χ4n) is 3.30. The molecule has 0 aromatic heterocycles. The van der Waals surface area contributed by atoms with Gasteiger partial charge in [-0.1, -0.05) is 48.6 Å². The number of fused-ring (bicyclic) bond motifs is 1. The van der Waals surface area contributed by atoms with Crippen LogP contribution in [-0.2, 0) is 14.3 Å². The van der Waals surface area contributed by atoms with E-state index >= 15 is 0 Å². The zero-order chi connectivity index (χ0) is 19.4. The average Bonchev–Trinajstić information content (AvgIpc) is 2.68. The van der Waals surface area contributed by atoms with Gasteiger partial charge in [0.25, 0.3) is 5.91 Å². The molecule has 0 radical (unpaired) electrons. The quantitative estimate of drug-likeness (QED) is 0.602. The summed E-state index contributed by atoms with van der Waals surface area (Å²) in [4.78, 5) is 39.6. The topological polar surface area (TPSA) is 63.7 Å². The number of ether oxygens (including phenoxy) is 1. The van der Waals surface area contributed by atoms with Crippen molar-refractivity contribution in [2.75, 3.05) is 11.5 Å². The maximum atomic E-state index is 13.3. The second kappa shape index (κ2) is 7.99. The Kier molecular flexibility index (Phi) is 5.50. The van der Waals surface area contributed by atoms with Gasteiger partial charge in [-0.2, -0.15) is 0 Å². The van der Waals surface area contributed by atoms with Gasteiger partial charge in [-0.25, -0.2) is 0 Å². The van der Waals surface area contributed by atoms with E-state index < -0.39 is 17.9 Å². The third kappa shape index (κ3) is 3.67. The van der Waals surface area contributed by atoms with E-state index in [1.54, 1.807) is 37.3 Å². The summed E-state index contributed by atoms with van der Waals surface area (Å²) in [6.07, 6.45) is 3.57. The van der Waals surface area contributed by atoms with Crippen molar-refractivity contribution in [3.05, 3.63) is 71.8 Å². The van der Waals surface area contributed by atoms with Crippen LogP contribution in [-0.4, -0.2) is 30.3 Å². The summed E-state index contributed by atoms with van der Waals surface area (Å²) in [6.45, 7) is 3.21. The Hall–Kier alpha value is -3.21. The Balaban J connectivity index is 2.10. The Morgan fingerprint density at radius 2 is 1.70 bits per heavy atom. The number of benzene rings is 2. The van der Waals surface area contributed by atoms with Crippen molar-refractivity contribution < 1.29 is 19.1 Å². The van der Waals surface area contributed by atoms with Gasteiger partial charge in [0.1, 0.15) is 11.7 Å². The van der Waals surface area contributed by atoms with Gasteiger partial charge in [-0.3, -0.25) is 19.3 Å². The van der Waals surface area contributed by atoms with Gasteiger partial charge < -0.3 is 4.74 Å². The first kappa shape index (κ1) is 18.6. The number of carbonyl (C=O) groups is 3. The molecule has 2 aromatic carbocycles. The lowest BCUT2D eigenvalue weighted by Gasteiger charge is -2.36. The highest BCUT2D eigenvalue weighted by Crippen LogP contribution is 2.33. The molecule has 0 bridgehead atoms. The van der Waals surface area contributed by atoms with E-state index in [1.165, 1.54) is 11.8 Å². The number of carbonyl (C=O) groups excluding carboxylic acids is 3. The minimum Gasteiger partial charge on any atom is -0.465 e. The van der Waals surface area contributed by atoms with E-state index in [2.05, 4.69) is 0 Å². The molecule has 1 aliphatic heterocycles. The highest BCUT2D eigenvalue weighted by Gasteiger charge is 2.40. The van der Waals surface area contributed by atoms with Crippen LogP contribution in [0.15, 0.2) is 60.7 Å². The first-order chi connectivity index (χ1) is 13.0. The summed E-state index contributed by atoms with van der Waals surface area (Å²) >= 11 is 0. The Morgan fingerprint density at radius 1 is 1.04 bits per heavy atom. The number of esters is 1. The predicted molar refractivity (Wildman–Crippen MR) is 103 cm³/mol. The molecule has 1 aliphatic rings. The van der Waals surface area contributed by atoms with Gasteiger partial charge >= 0.3 is 5.97 Å².